The van der Waals surface area contributed by atoms with Crippen LogP contribution in [0, 0.1) is 21.7 Å². The molecular formula is C12H15F2N3O3. The summed E-state index contributed by atoms with van der Waals surface area (Å²) >= 11 is 0. The zero-order chi connectivity index (χ0) is 15.3. The topological polar surface area (TPSA) is 98.3 Å². The van der Waals surface area contributed by atoms with Crippen molar-refractivity contribution >= 4 is 17.3 Å². The van der Waals surface area contributed by atoms with Gasteiger partial charge in [0.15, 0.2) is 0 Å². The number of halogens is 2. The molecule has 0 saturated carbocycles. The molecule has 1 atom stereocenters. The molecule has 0 fully saturated rings. The van der Waals surface area contributed by atoms with Gasteiger partial charge in [0, 0.05) is 24.6 Å². The van der Waals surface area contributed by atoms with Gasteiger partial charge in [-0.1, -0.05) is 0 Å². The van der Waals surface area contributed by atoms with Crippen molar-refractivity contribution in [3.63, 3.8) is 0 Å². The van der Waals surface area contributed by atoms with Crippen molar-refractivity contribution in [1.82, 2.24) is 0 Å². The summed E-state index contributed by atoms with van der Waals surface area (Å²) in [5, 5.41) is 12.7. The van der Waals surface area contributed by atoms with E-state index in [4.69, 9.17) is 5.73 Å². The summed E-state index contributed by atoms with van der Waals surface area (Å²) in [4.78, 5) is 21.1. The highest BCUT2D eigenvalue weighted by molar-refractivity contribution is 5.91. The van der Waals surface area contributed by atoms with Crippen molar-refractivity contribution in [2.24, 2.45) is 5.73 Å². The highest BCUT2D eigenvalue weighted by atomic mass is 19.1. The molecule has 1 rings (SSSR count). The third kappa shape index (κ3) is 4.54. The third-order valence-electron chi connectivity index (χ3n) is 2.57. The van der Waals surface area contributed by atoms with Crippen LogP contribution in [0.2, 0.25) is 0 Å². The second-order valence-electron chi connectivity index (χ2n) is 4.46. The lowest BCUT2D eigenvalue weighted by Gasteiger charge is -2.08. The van der Waals surface area contributed by atoms with Crippen LogP contribution >= 0.6 is 0 Å². The van der Waals surface area contributed by atoms with Gasteiger partial charge in [-0.05, 0) is 19.8 Å². The molecule has 0 spiro atoms. The molecule has 0 aromatic heterocycles. The Morgan fingerprint density at radius 1 is 1.45 bits per heavy atom. The van der Waals surface area contributed by atoms with Crippen LogP contribution in [-0.4, -0.2) is 16.9 Å². The van der Waals surface area contributed by atoms with E-state index < -0.39 is 33.8 Å². The fourth-order valence-corrected chi connectivity index (χ4v) is 1.57. The fraction of sp³-hybridized carbons (Fsp3) is 0.417. The van der Waals surface area contributed by atoms with E-state index in [2.05, 4.69) is 5.32 Å². The van der Waals surface area contributed by atoms with Crippen LogP contribution in [0.3, 0.4) is 0 Å². The number of carbonyl (C=O) groups is 1. The molecule has 20 heavy (non-hydrogen) atoms. The number of carbonyl (C=O) groups excluding carboxylic acids is 1. The lowest BCUT2D eigenvalue weighted by atomic mass is 10.1. The van der Waals surface area contributed by atoms with Gasteiger partial charge in [-0.25, -0.2) is 4.39 Å². The molecule has 0 heterocycles. The number of anilines is 1. The number of nitro groups is 1. The zero-order valence-corrected chi connectivity index (χ0v) is 10.9. The van der Waals surface area contributed by atoms with Crippen molar-refractivity contribution in [3.05, 3.63) is 33.9 Å². The smallest absolute Gasteiger partial charge is 0.307 e. The molecule has 110 valence electrons. The third-order valence-corrected chi connectivity index (χ3v) is 2.57. The van der Waals surface area contributed by atoms with E-state index in [1.165, 1.54) is 0 Å². The Kier molecular flexibility index (Phi) is 5.51. The van der Waals surface area contributed by atoms with Crippen LogP contribution in [-0.2, 0) is 4.79 Å². The number of nitrogens with zero attached hydrogens (tertiary/aromatic N) is 1. The summed E-state index contributed by atoms with van der Waals surface area (Å²) in [5.74, 6) is -2.86. The van der Waals surface area contributed by atoms with Crippen LogP contribution in [0.15, 0.2) is 12.1 Å². The molecule has 3 N–H and O–H groups in total. The minimum Gasteiger partial charge on any atom is -0.328 e. The minimum absolute atomic E-state index is 0.0496. The van der Waals surface area contributed by atoms with E-state index in [0.29, 0.717) is 25.0 Å². The molecule has 1 unspecified atom stereocenters. The minimum atomic E-state index is -1.29. The summed E-state index contributed by atoms with van der Waals surface area (Å²) in [5.41, 5.74) is 4.21. The van der Waals surface area contributed by atoms with E-state index in [1.807, 2.05) is 0 Å². The maximum atomic E-state index is 13.4. The Hall–Kier alpha value is -2.09. The normalized spacial score (nSPS) is 12.0. The van der Waals surface area contributed by atoms with Crippen molar-refractivity contribution in [2.75, 3.05) is 5.32 Å². The first-order valence-corrected chi connectivity index (χ1v) is 6.00. The molecule has 1 aromatic rings. The number of nitrogens with two attached hydrogens (primary N) is 1. The number of nitro benzene ring substituents is 1. The van der Waals surface area contributed by atoms with Gasteiger partial charge < -0.3 is 11.1 Å². The van der Waals surface area contributed by atoms with Gasteiger partial charge >= 0.3 is 5.69 Å². The molecule has 0 aliphatic heterocycles. The molecule has 1 amide bonds. The van der Waals surface area contributed by atoms with Crippen molar-refractivity contribution in [3.8, 4) is 0 Å². The molecule has 6 nitrogen and oxygen atoms in total. The van der Waals surface area contributed by atoms with Crippen molar-refractivity contribution in [2.45, 2.75) is 32.2 Å². The summed E-state index contributed by atoms with van der Waals surface area (Å²) in [7, 11) is 0. The quantitative estimate of drug-likeness (QED) is 0.619. The van der Waals surface area contributed by atoms with Crippen molar-refractivity contribution in [1.29, 1.82) is 0 Å². The second-order valence-corrected chi connectivity index (χ2v) is 4.46. The predicted octanol–water partition coefficient (Wildman–Crippen LogP) is 2.33. The van der Waals surface area contributed by atoms with E-state index in [0.717, 1.165) is 0 Å². The molecule has 0 saturated heterocycles. The van der Waals surface area contributed by atoms with Gasteiger partial charge in [0.25, 0.3) is 0 Å². The first kappa shape index (κ1) is 16.0. The van der Waals surface area contributed by atoms with Gasteiger partial charge in [-0.15, -0.1) is 0 Å². The number of benzene rings is 1. The average molecular weight is 287 g/mol. The van der Waals surface area contributed by atoms with Crippen LogP contribution < -0.4 is 11.1 Å². The monoisotopic (exact) mass is 287 g/mol. The number of nitrogens with one attached hydrogen (secondary N) is 1. The van der Waals surface area contributed by atoms with Gasteiger partial charge in [0.05, 0.1) is 10.6 Å². The summed E-state index contributed by atoms with van der Waals surface area (Å²) in [6.07, 6.45) is 1.24. The summed E-state index contributed by atoms with van der Waals surface area (Å²) < 4.78 is 26.5. The standard InChI is InChI=1S/C12H15F2N3O3/c1-7(15)3-2-4-12(18)16-10-6-11(17(19)20)9(14)5-8(10)13/h5-7H,2-4,15H2,1H3,(H,16,18). The summed E-state index contributed by atoms with van der Waals surface area (Å²) in [6.45, 7) is 1.79. The van der Waals surface area contributed by atoms with E-state index >= 15 is 0 Å². The van der Waals surface area contributed by atoms with Crippen LogP contribution in [0.4, 0.5) is 20.2 Å². The Balaban J connectivity index is 2.74. The lowest BCUT2D eigenvalue weighted by molar-refractivity contribution is -0.387. The number of rotatable bonds is 6. The molecule has 8 heteroatoms. The number of hydrogen-bond acceptors (Lipinski definition) is 4. The Morgan fingerprint density at radius 3 is 2.65 bits per heavy atom. The SMILES string of the molecule is CC(N)CCCC(=O)Nc1cc([N+](=O)[O-])c(F)cc1F. The summed E-state index contributed by atoms with van der Waals surface area (Å²) in [6, 6.07) is 0.982. The van der Waals surface area contributed by atoms with Gasteiger partial charge in [-0.2, -0.15) is 4.39 Å². The highest BCUT2D eigenvalue weighted by Crippen LogP contribution is 2.25. The first-order valence-electron chi connectivity index (χ1n) is 6.00. The molecule has 0 bridgehead atoms. The molecule has 0 aliphatic rings. The Labute approximate surface area is 114 Å². The van der Waals surface area contributed by atoms with Gasteiger partial charge in [0.1, 0.15) is 5.82 Å². The number of amides is 1. The molecule has 0 radical (unpaired) electrons. The van der Waals surface area contributed by atoms with Crippen molar-refractivity contribution < 1.29 is 18.5 Å². The van der Waals surface area contributed by atoms with Crippen LogP contribution in [0.1, 0.15) is 26.2 Å². The van der Waals surface area contributed by atoms with Crippen LogP contribution in [0.5, 0.6) is 0 Å². The van der Waals surface area contributed by atoms with E-state index in [-0.39, 0.29) is 12.5 Å². The Morgan fingerprint density at radius 2 is 2.10 bits per heavy atom. The average Bonchev–Trinajstić information content (AvgIpc) is 2.31. The maximum Gasteiger partial charge on any atom is 0.307 e. The van der Waals surface area contributed by atoms with E-state index in [1.54, 1.807) is 6.92 Å². The number of hydrogen-bond donors (Lipinski definition) is 2. The zero-order valence-electron chi connectivity index (χ0n) is 10.9. The van der Waals surface area contributed by atoms with E-state index in [9.17, 15) is 23.7 Å². The molecular weight excluding hydrogens is 272 g/mol. The molecule has 1 aromatic carbocycles. The molecule has 0 aliphatic carbocycles. The van der Waals surface area contributed by atoms with Gasteiger partial charge in [-0.3, -0.25) is 14.9 Å². The van der Waals surface area contributed by atoms with Gasteiger partial charge in [0.2, 0.25) is 11.7 Å². The van der Waals surface area contributed by atoms with Crippen LogP contribution in [0.25, 0.3) is 0 Å². The predicted molar refractivity (Wildman–Crippen MR) is 69.1 cm³/mol. The second kappa shape index (κ2) is 6.90. The highest BCUT2D eigenvalue weighted by Gasteiger charge is 2.19. The maximum absolute atomic E-state index is 13.4. The first-order chi connectivity index (χ1) is 9.31. The fourth-order valence-electron chi connectivity index (χ4n) is 1.57. The Bertz CT molecular complexity index is 521. The lowest BCUT2D eigenvalue weighted by Crippen LogP contribution is -2.17. The largest absolute Gasteiger partial charge is 0.328 e.